The Balaban J connectivity index is 2.38. The first-order valence-electron chi connectivity index (χ1n) is 7.43. The van der Waals surface area contributed by atoms with Gasteiger partial charge in [-0.15, -0.1) is 0 Å². The van der Waals surface area contributed by atoms with Crippen LogP contribution in [0.1, 0.15) is 29.8 Å². The number of alkyl carbamates (subject to hydrolysis) is 1. The molecule has 0 spiro atoms. The van der Waals surface area contributed by atoms with Gasteiger partial charge in [-0.3, -0.25) is 4.79 Å². The Hall–Kier alpha value is -2.25. The summed E-state index contributed by atoms with van der Waals surface area (Å²) >= 11 is 0. The van der Waals surface area contributed by atoms with Gasteiger partial charge < -0.3 is 15.4 Å². The molecule has 2 unspecified atom stereocenters. The second kappa shape index (κ2) is 8.56. The van der Waals surface area contributed by atoms with Crippen LogP contribution in [0.2, 0.25) is 0 Å². The van der Waals surface area contributed by atoms with Crippen LogP contribution >= 0.6 is 0 Å². The molecule has 1 aromatic carbocycles. The summed E-state index contributed by atoms with van der Waals surface area (Å²) in [5, 5.41) is 5.03. The maximum absolute atomic E-state index is 12.0. The molecule has 2 N–H and O–H groups in total. The zero-order valence-corrected chi connectivity index (χ0v) is 13.7. The lowest BCUT2D eigenvalue weighted by Crippen LogP contribution is -2.42. The van der Waals surface area contributed by atoms with Gasteiger partial charge >= 0.3 is 12.3 Å². The third-order valence-corrected chi connectivity index (χ3v) is 3.46. The predicted octanol–water partition coefficient (Wildman–Crippen LogP) is 3.04. The Morgan fingerprint density at radius 2 is 1.75 bits per heavy atom. The molecule has 0 aromatic heterocycles. The molecule has 24 heavy (non-hydrogen) atoms. The highest BCUT2D eigenvalue weighted by molar-refractivity contribution is 5.94. The number of nitrogens with one attached hydrogen (secondary N) is 2. The summed E-state index contributed by atoms with van der Waals surface area (Å²) in [5.74, 6) is -0.452. The zero-order valence-electron chi connectivity index (χ0n) is 13.7. The van der Waals surface area contributed by atoms with Crippen LogP contribution in [0, 0.1) is 12.8 Å². The van der Waals surface area contributed by atoms with E-state index >= 15 is 0 Å². The van der Waals surface area contributed by atoms with Gasteiger partial charge in [0.15, 0.2) is 6.61 Å². The Morgan fingerprint density at radius 1 is 1.17 bits per heavy atom. The van der Waals surface area contributed by atoms with Gasteiger partial charge in [0.2, 0.25) is 0 Å². The summed E-state index contributed by atoms with van der Waals surface area (Å²) in [6.45, 7) is 3.91. The lowest BCUT2D eigenvalue weighted by Gasteiger charge is -2.21. The van der Waals surface area contributed by atoms with E-state index in [4.69, 9.17) is 0 Å². The molecule has 0 heterocycles. The number of amides is 2. The molecule has 0 aliphatic carbocycles. The van der Waals surface area contributed by atoms with Gasteiger partial charge in [0.05, 0.1) is 0 Å². The van der Waals surface area contributed by atoms with Crippen molar-refractivity contribution in [1.29, 1.82) is 0 Å². The fourth-order valence-corrected chi connectivity index (χ4v) is 1.75. The first-order chi connectivity index (χ1) is 11.1. The van der Waals surface area contributed by atoms with Crippen LogP contribution in [0.4, 0.5) is 18.0 Å². The van der Waals surface area contributed by atoms with Gasteiger partial charge in [0.1, 0.15) is 0 Å². The minimum Gasteiger partial charge on any atom is -0.440 e. The highest BCUT2D eigenvalue weighted by Gasteiger charge is 2.30. The summed E-state index contributed by atoms with van der Waals surface area (Å²) in [4.78, 5) is 23.2. The molecule has 0 bridgehead atoms. The number of benzene rings is 1. The minimum atomic E-state index is -4.56. The van der Waals surface area contributed by atoms with Crippen molar-refractivity contribution in [2.75, 3.05) is 13.2 Å². The molecular formula is C16H21F3N2O3. The van der Waals surface area contributed by atoms with Gasteiger partial charge in [-0.1, -0.05) is 24.6 Å². The van der Waals surface area contributed by atoms with Gasteiger partial charge in [-0.05, 0) is 31.9 Å². The number of ether oxygens (including phenoxy) is 1. The van der Waals surface area contributed by atoms with E-state index in [0.717, 1.165) is 5.56 Å². The van der Waals surface area contributed by atoms with E-state index in [0.29, 0.717) is 5.56 Å². The summed E-state index contributed by atoms with van der Waals surface area (Å²) in [6.07, 6.45) is -5.70. The number of rotatable bonds is 6. The third-order valence-electron chi connectivity index (χ3n) is 3.46. The fraction of sp³-hybridized carbons (Fsp3) is 0.500. The van der Waals surface area contributed by atoms with Crippen LogP contribution in [0.3, 0.4) is 0 Å². The van der Waals surface area contributed by atoms with Crippen molar-refractivity contribution in [3.05, 3.63) is 35.4 Å². The Labute approximate surface area is 138 Å². The van der Waals surface area contributed by atoms with Crippen molar-refractivity contribution in [3.63, 3.8) is 0 Å². The van der Waals surface area contributed by atoms with Crippen LogP contribution in [0.25, 0.3) is 0 Å². The SMILES string of the molecule is Cc1ccc(C(=O)NCC(C)C(C)NC(=O)OCC(F)(F)F)cc1. The summed E-state index contributed by atoms with van der Waals surface area (Å²) in [6, 6.07) is 6.57. The number of carbonyl (C=O) groups excluding carboxylic acids is 2. The predicted molar refractivity (Wildman–Crippen MR) is 82.7 cm³/mol. The summed E-state index contributed by atoms with van der Waals surface area (Å²) < 4.78 is 39.9. The number of halogens is 3. The average Bonchev–Trinajstić information content (AvgIpc) is 2.50. The van der Waals surface area contributed by atoms with Gasteiger partial charge in [-0.25, -0.2) is 4.79 Å². The standard InChI is InChI=1S/C16H21F3N2O3/c1-10-4-6-13(7-5-10)14(22)20-8-11(2)12(3)21-15(23)24-9-16(17,18)19/h4-7,11-12H,8-9H2,1-3H3,(H,20,22)(H,21,23). The van der Waals surface area contributed by atoms with Crippen LogP contribution in [-0.4, -0.2) is 37.4 Å². The molecule has 134 valence electrons. The summed E-state index contributed by atoms with van der Waals surface area (Å²) in [7, 11) is 0. The highest BCUT2D eigenvalue weighted by Crippen LogP contribution is 2.14. The van der Waals surface area contributed by atoms with E-state index in [2.05, 4.69) is 15.4 Å². The van der Waals surface area contributed by atoms with Crippen LogP contribution in [0.5, 0.6) is 0 Å². The molecule has 2 amide bonds. The van der Waals surface area contributed by atoms with E-state index < -0.39 is 24.9 Å². The smallest absolute Gasteiger partial charge is 0.422 e. The molecule has 0 radical (unpaired) electrons. The molecule has 8 heteroatoms. The van der Waals surface area contributed by atoms with Crippen molar-refractivity contribution in [2.24, 2.45) is 5.92 Å². The molecule has 0 fully saturated rings. The Bertz CT molecular complexity index is 559. The Kier molecular flexibility index (Phi) is 7.06. The number of alkyl halides is 3. The molecule has 0 saturated heterocycles. The molecular weight excluding hydrogens is 325 g/mol. The highest BCUT2D eigenvalue weighted by atomic mass is 19.4. The van der Waals surface area contributed by atoms with E-state index in [1.54, 1.807) is 26.0 Å². The van der Waals surface area contributed by atoms with Crippen LogP contribution < -0.4 is 10.6 Å². The maximum Gasteiger partial charge on any atom is 0.422 e. The van der Waals surface area contributed by atoms with Crippen LogP contribution in [-0.2, 0) is 4.74 Å². The first-order valence-corrected chi connectivity index (χ1v) is 7.43. The molecule has 0 saturated carbocycles. The van der Waals surface area contributed by atoms with Crippen molar-refractivity contribution < 1.29 is 27.5 Å². The molecule has 1 rings (SSSR count). The minimum absolute atomic E-state index is 0.196. The van der Waals surface area contributed by atoms with Gasteiger partial charge in [0.25, 0.3) is 5.91 Å². The normalized spacial score (nSPS) is 13.8. The van der Waals surface area contributed by atoms with Crippen molar-refractivity contribution >= 4 is 12.0 Å². The molecule has 0 aliphatic heterocycles. The largest absolute Gasteiger partial charge is 0.440 e. The number of hydrogen-bond donors (Lipinski definition) is 2. The molecule has 0 aliphatic rings. The monoisotopic (exact) mass is 346 g/mol. The average molecular weight is 346 g/mol. The van der Waals surface area contributed by atoms with E-state index in [-0.39, 0.29) is 18.4 Å². The first kappa shape index (κ1) is 19.8. The summed E-state index contributed by atoms with van der Waals surface area (Å²) in [5.41, 5.74) is 1.55. The second-order valence-electron chi connectivity index (χ2n) is 5.68. The molecule has 1 aromatic rings. The van der Waals surface area contributed by atoms with Gasteiger partial charge in [-0.2, -0.15) is 13.2 Å². The number of carbonyl (C=O) groups is 2. The molecule has 2 atom stereocenters. The second-order valence-corrected chi connectivity index (χ2v) is 5.68. The number of aryl methyl sites for hydroxylation is 1. The zero-order chi connectivity index (χ0) is 18.3. The lowest BCUT2D eigenvalue weighted by atomic mass is 10.0. The number of hydrogen-bond acceptors (Lipinski definition) is 3. The van der Waals surface area contributed by atoms with Crippen molar-refractivity contribution in [1.82, 2.24) is 10.6 Å². The van der Waals surface area contributed by atoms with E-state index in [1.807, 2.05) is 19.1 Å². The van der Waals surface area contributed by atoms with Crippen molar-refractivity contribution in [3.8, 4) is 0 Å². The fourth-order valence-electron chi connectivity index (χ4n) is 1.75. The van der Waals surface area contributed by atoms with Crippen LogP contribution in [0.15, 0.2) is 24.3 Å². The van der Waals surface area contributed by atoms with Crippen molar-refractivity contribution in [2.45, 2.75) is 33.0 Å². The molecule has 5 nitrogen and oxygen atoms in total. The van der Waals surface area contributed by atoms with E-state index in [1.165, 1.54) is 0 Å². The van der Waals surface area contributed by atoms with E-state index in [9.17, 15) is 22.8 Å². The van der Waals surface area contributed by atoms with Gasteiger partial charge in [0, 0.05) is 18.2 Å². The third kappa shape index (κ3) is 7.34. The quantitative estimate of drug-likeness (QED) is 0.832. The lowest BCUT2D eigenvalue weighted by molar-refractivity contribution is -0.160. The maximum atomic E-state index is 12.0. The topological polar surface area (TPSA) is 67.4 Å². The Morgan fingerprint density at radius 3 is 2.29 bits per heavy atom.